The maximum Gasteiger partial charge on any atom is 0.308 e. The van der Waals surface area contributed by atoms with Crippen LogP contribution < -0.4 is 10.6 Å². The first-order valence-electron chi connectivity index (χ1n) is 17.5. The summed E-state index contributed by atoms with van der Waals surface area (Å²) in [5.74, 6) is -1.64. The van der Waals surface area contributed by atoms with Crippen molar-refractivity contribution in [3.05, 3.63) is 52.5 Å². The van der Waals surface area contributed by atoms with Crippen molar-refractivity contribution in [1.82, 2.24) is 35.4 Å². The molecule has 6 atom stereocenters. The summed E-state index contributed by atoms with van der Waals surface area (Å²) in [6.45, 7) is 10.3. The molecule has 16 heteroatoms. The molecule has 2 aromatic rings. The van der Waals surface area contributed by atoms with Crippen LogP contribution in [0.15, 0.2) is 36.0 Å². The Bertz CT molecular complexity index is 1570. The average Bonchev–Trinajstić information content (AvgIpc) is 3.79. The van der Waals surface area contributed by atoms with Gasteiger partial charge in [0.05, 0.1) is 32.3 Å². The lowest BCUT2D eigenvalue weighted by molar-refractivity contribution is -0.148. The number of rotatable bonds is 18. The topological polar surface area (TPSA) is 182 Å². The van der Waals surface area contributed by atoms with Crippen LogP contribution in [0.25, 0.3) is 0 Å². The molecule has 2 fully saturated rings. The first-order valence-corrected chi connectivity index (χ1v) is 18.4. The van der Waals surface area contributed by atoms with Crippen molar-refractivity contribution < 1.29 is 38.2 Å². The molecule has 0 bridgehead atoms. The Labute approximate surface area is 308 Å². The molecule has 15 nitrogen and oxygen atoms in total. The van der Waals surface area contributed by atoms with Gasteiger partial charge in [0.15, 0.2) is 6.10 Å². The van der Waals surface area contributed by atoms with Crippen LogP contribution in [-0.2, 0) is 39.8 Å². The monoisotopic (exact) mass is 741 g/mol. The Morgan fingerprint density at radius 1 is 1.13 bits per heavy atom. The van der Waals surface area contributed by atoms with Crippen molar-refractivity contribution in [2.75, 3.05) is 41.0 Å². The van der Waals surface area contributed by atoms with E-state index in [1.807, 2.05) is 11.9 Å². The van der Waals surface area contributed by atoms with Gasteiger partial charge in [-0.2, -0.15) is 0 Å². The molecule has 2 N–H and O–H groups in total. The summed E-state index contributed by atoms with van der Waals surface area (Å²) in [6, 6.07) is -0.657. The number of hydrogen-bond acceptors (Lipinski definition) is 13. The molecule has 1 aliphatic heterocycles. The third kappa shape index (κ3) is 11.6. The molecule has 3 heterocycles. The fourth-order valence-electron chi connectivity index (χ4n) is 6.20. The summed E-state index contributed by atoms with van der Waals surface area (Å²) in [7, 11) is 4.83. The van der Waals surface area contributed by atoms with E-state index in [1.165, 1.54) is 14.0 Å². The lowest BCUT2D eigenvalue weighted by atomic mass is 9.99. The first-order chi connectivity index (χ1) is 24.8. The Kier molecular flexibility index (Phi) is 14.8. The first kappa shape index (κ1) is 40.5. The van der Waals surface area contributed by atoms with Crippen molar-refractivity contribution in [2.45, 2.75) is 89.6 Å². The van der Waals surface area contributed by atoms with E-state index in [0.717, 1.165) is 24.2 Å². The molecule has 1 aliphatic carbocycles. The summed E-state index contributed by atoms with van der Waals surface area (Å²) in [5, 5.41) is 7.87. The summed E-state index contributed by atoms with van der Waals surface area (Å²) in [6.07, 6.45) is 5.49. The predicted octanol–water partition coefficient (Wildman–Crippen LogP) is 2.49. The fraction of sp³-hybridized carbons (Fsp3) is 0.611. The number of aromatic nitrogens is 3. The highest BCUT2D eigenvalue weighted by atomic mass is 32.1. The van der Waals surface area contributed by atoms with Gasteiger partial charge in [-0.05, 0) is 38.8 Å². The van der Waals surface area contributed by atoms with Gasteiger partial charge in [-0.15, -0.1) is 11.3 Å². The number of esters is 2. The van der Waals surface area contributed by atoms with Crippen LogP contribution in [0.4, 0.5) is 0 Å². The van der Waals surface area contributed by atoms with Gasteiger partial charge in [0.25, 0.3) is 5.91 Å². The molecule has 1 saturated heterocycles. The van der Waals surface area contributed by atoms with Crippen molar-refractivity contribution in [1.29, 1.82) is 0 Å². The maximum atomic E-state index is 14.1. The molecule has 284 valence electrons. The van der Waals surface area contributed by atoms with Crippen LogP contribution in [0.5, 0.6) is 0 Å². The number of amides is 3. The third-order valence-corrected chi connectivity index (χ3v) is 10.3. The van der Waals surface area contributed by atoms with Crippen molar-refractivity contribution in [2.24, 2.45) is 11.8 Å². The van der Waals surface area contributed by atoms with Gasteiger partial charge < -0.3 is 29.7 Å². The molecule has 0 unspecified atom stereocenters. The van der Waals surface area contributed by atoms with E-state index < -0.39 is 54.0 Å². The second-order valence-corrected chi connectivity index (χ2v) is 14.6. The van der Waals surface area contributed by atoms with Crippen LogP contribution >= 0.6 is 11.3 Å². The minimum Gasteiger partial charge on any atom is -0.469 e. The summed E-state index contributed by atoms with van der Waals surface area (Å²) in [4.78, 5) is 81.9. The standard InChI is InChI=1S/C36H51N7O8S/c1-21(2)28(43(6)35(47)26(16-24-9-10-24)40-33(46)29-19-50-14-13-42(29)5)18-30(51-23(4)44)34-41-27(20-52-34)32(45)39-25(15-22(3)36(48)49-7)17-31-37-11-8-12-38-31/h8,11-12,20,22,24-26,28-30H,1,9-10,13-19H2,2-7H3,(H,39,45)(H,40,46)/t22-,25+,26-,28+,29+,30+/m0/s1. The van der Waals surface area contributed by atoms with E-state index in [0.29, 0.717) is 41.9 Å². The average molecular weight is 742 g/mol. The number of methoxy groups -OCH3 is 1. The maximum absolute atomic E-state index is 14.1. The van der Waals surface area contributed by atoms with Crippen LogP contribution in [0.1, 0.15) is 80.3 Å². The fourth-order valence-corrected chi connectivity index (χ4v) is 7.04. The number of carbonyl (C=O) groups excluding carboxylic acids is 5. The molecule has 0 radical (unpaired) electrons. The zero-order chi connectivity index (χ0) is 37.9. The SMILES string of the molecule is C=C(C)[C@@H](C[C@@H](OC(C)=O)c1nc(C(=O)N[C@@H](Cc2ncccn2)C[C@H](C)C(=O)OC)cs1)N(C)C(=O)[C@H](CC1CC1)NC(=O)[C@H]1COCCN1C. The molecule has 2 aromatic heterocycles. The number of nitrogens with zero attached hydrogens (tertiary/aromatic N) is 5. The highest BCUT2D eigenvalue weighted by Gasteiger charge is 2.38. The van der Waals surface area contributed by atoms with E-state index in [-0.39, 0.29) is 43.4 Å². The van der Waals surface area contributed by atoms with Crippen LogP contribution in [0.2, 0.25) is 0 Å². The van der Waals surface area contributed by atoms with Crippen LogP contribution in [0.3, 0.4) is 0 Å². The van der Waals surface area contributed by atoms with E-state index in [4.69, 9.17) is 14.2 Å². The minimum absolute atomic E-state index is 0.0991. The van der Waals surface area contributed by atoms with Crippen molar-refractivity contribution >= 4 is 41.0 Å². The van der Waals surface area contributed by atoms with Gasteiger partial charge in [-0.1, -0.05) is 31.9 Å². The van der Waals surface area contributed by atoms with Gasteiger partial charge >= 0.3 is 11.9 Å². The number of carbonyl (C=O) groups is 5. The third-order valence-electron chi connectivity index (χ3n) is 9.36. The van der Waals surface area contributed by atoms with Crippen molar-refractivity contribution in [3.63, 3.8) is 0 Å². The van der Waals surface area contributed by atoms with Gasteiger partial charge in [-0.3, -0.25) is 28.9 Å². The van der Waals surface area contributed by atoms with Crippen LogP contribution in [-0.4, -0.2) is 120 Å². The number of hydrogen-bond donors (Lipinski definition) is 2. The zero-order valence-electron chi connectivity index (χ0n) is 30.8. The number of morpholine rings is 1. The normalized spacial score (nSPS) is 18.9. The molecule has 0 aromatic carbocycles. The molecule has 4 rings (SSSR count). The van der Waals surface area contributed by atoms with E-state index in [1.54, 1.807) is 49.6 Å². The molecule has 1 saturated carbocycles. The molecular formula is C36H51N7O8S. The lowest BCUT2D eigenvalue weighted by Gasteiger charge is -2.35. The van der Waals surface area contributed by atoms with Gasteiger partial charge in [0, 0.05) is 57.2 Å². The van der Waals surface area contributed by atoms with E-state index >= 15 is 0 Å². The highest BCUT2D eigenvalue weighted by Crippen LogP contribution is 2.35. The Balaban J connectivity index is 1.50. The molecule has 52 heavy (non-hydrogen) atoms. The Hall–Kier alpha value is -4.28. The van der Waals surface area contributed by atoms with E-state index in [2.05, 4.69) is 32.2 Å². The summed E-state index contributed by atoms with van der Waals surface area (Å²) in [5.41, 5.74) is 0.743. The summed E-state index contributed by atoms with van der Waals surface area (Å²) < 4.78 is 16.1. The smallest absolute Gasteiger partial charge is 0.308 e. The predicted molar refractivity (Wildman–Crippen MR) is 192 cm³/mol. The second-order valence-electron chi connectivity index (χ2n) is 13.7. The lowest BCUT2D eigenvalue weighted by Crippen LogP contribution is -2.57. The highest BCUT2D eigenvalue weighted by molar-refractivity contribution is 7.09. The van der Waals surface area contributed by atoms with Gasteiger partial charge in [0.1, 0.15) is 28.6 Å². The van der Waals surface area contributed by atoms with Crippen LogP contribution in [0, 0.1) is 11.8 Å². The van der Waals surface area contributed by atoms with Gasteiger partial charge in [-0.25, -0.2) is 15.0 Å². The quantitative estimate of drug-likeness (QED) is 0.169. The number of nitrogens with one attached hydrogen (secondary N) is 2. The zero-order valence-corrected chi connectivity index (χ0v) is 31.6. The number of thiazole rings is 1. The largest absolute Gasteiger partial charge is 0.469 e. The Morgan fingerprint density at radius 3 is 2.46 bits per heavy atom. The summed E-state index contributed by atoms with van der Waals surface area (Å²) >= 11 is 1.15. The molecule has 2 aliphatic rings. The van der Waals surface area contributed by atoms with Gasteiger partial charge in [0.2, 0.25) is 11.8 Å². The number of likely N-dealkylation sites (N-methyl/N-ethyl adjacent to an activating group) is 2. The van der Waals surface area contributed by atoms with E-state index in [9.17, 15) is 24.0 Å². The minimum atomic E-state index is -0.904. The molecular weight excluding hydrogens is 691 g/mol. The number of ether oxygens (including phenoxy) is 3. The Morgan fingerprint density at radius 2 is 1.85 bits per heavy atom. The molecule has 3 amide bonds. The molecule has 0 spiro atoms. The second kappa shape index (κ2) is 19.0. The van der Waals surface area contributed by atoms with Crippen molar-refractivity contribution in [3.8, 4) is 0 Å².